The Balaban J connectivity index is 2.02. The fourth-order valence-corrected chi connectivity index (χ4v) is 3.03. The Hall–Kier alpha value is -0.560. The molecule has 1 fully saturated rings. The Bertz CT molecular complexity index is 315. The van der Waals surface area contributed by atoms with Crippen LogP contribution >= 0.6 is 0 Å². The van der Waals surface area contributed by atoms with Gasteiger partial charge in [0, 0.05) is 0 Å². The smallest absolute Gasteiger partial charge is 0.0788 e. The normalized spacial score (nSPS) is 39.6. The largest absolute Gasteiger partial charge is 0.367 e. The van der Waals surface area contributed by atoms with Crippen LogP contribution < -0.4 is 0 Å². The van der Waals surface area contributed by atoms with E-state index >= 15 is 0 Å². The standard InChI is InChI=1S/C15H24O/c1-11(2)14-9-10-15(4,16-14)13-7-5-12(3)6-8-13/h5,13-14H,1,6-10H2,2-4H3/t13-,14+,15-/m1/s1. The van der Waals surface area contributed by atoms with Crippen LogP contribution in [0.5, 0.6) is 0 Å². The van der Waals surface area contributed by atoms with E-state index in [1.165, 1.54) is 31.3 Å². The van der Waals surface area contributed by atoms with E-state index in [1.807, 2.05) is 0 Å². The van der Waals surface area contributed by atoms with Crippen molar-refractivity contribution in [2.24, 2.45) is 5.92 Å². The quantitative estimate of drug-likeness (QED) is 0.632. The molecule has 1 saturated heterocycles. The highest BCUT2D eigenvalue weighted by Crippen LogP contribution is 2.43. The summed E-state index contributed by atoms with van der Waals surface area (Å²) in [5.74, 6) is 0.709. The van der Waals surface area contributed by atoms with Gasteiger partial charge in [-0.25, -0.2) is 0 Å². The fourth-order valence-electron chi connectivity index (χ4n) is 3.03. The number of hydrogen-bond acceptors (Lipinski definition) is 1. The highest BCUT2D eigenvalue weighted by Gasteiger charge is 2.42. The average molecular weight is 220 g/mol. The topological polar surface area (TPSA) is 9.23 Å². The van der Waals surface area contributed by atoms with Crippen molar-refractivity contribution in [3.8, 4) is 0 Å². The first-order chi connectivity index (χ1) is 7.51. The average Bonchev–Trinajstić information content (AvgIpc) is 2.63. The monoisotopic (exact) mass is 220 g/mol. The highest BCUT2D eigenvalue weighted by atomic mass is 16.5. The molecule has 0 radical (unpaired) electrons. The molecular weight excluding hydrogens is 196 g/mol. The van der Waals surface area contributed by atoms with Gasteiger partial charge in [-0.3, -0.25) is 0 Å². The summed E-state index contributed by atoms with van der Waals surface area (Å²) in [6, 6.07) is 0. The summed E-state index contributed by atoms with van der Waals surface area (Å²) >= 11 is 0. The SMILES string of the molecule is C=C(C)[C@@H]1CC[C@](C)([C@@H]2CC=C(C)CC2)O1. The minimum Gasteiger partial charge on any atom is -0.367 e. The molecule has 0 aromatic heterocycles. The fraction of sp³-hybridized carbons (Fsp3) is 0.733. The van der Waals surface area contributed by atoms with Crippen LogP contribution in [0.2, 0.25) is 0 Å². The lowest BCUT2D eigenvalue weighted by molar-refractivity contribution is -0.0582. The van der Waals surface area contributed by atoms with Crippen LogP contribution in [0.3, 0.4) is 0 Å². The molecule has 0 amide bonds. The molecule has 3 atom stereocenters. The van der Waals surface area contributed by atoms with E-state index in [2.05, 4.69) is 33.4 Å². The second-order valence-electron chi connectivity index (χ2n) is 5.83. The Morgan fingerprint density at radius 1 is 1.50 bits per heavy atom. The third-order valence-corrected chi connectivity index (χ3v) is 4.37. The summed E-state index contributed by atoms with van der Waals surface area (Å²) in [6.07, 6.45) is 8.80. The molecule has 0 bridgehead atoms. The van der Waals surface area contributed by atoms with E-state index in [1.54, 1.807) is 5.57 Å². The lowest BCUT2D eigenvalue weighted by Gasteiger charge is -2.36. The molecule has 90 valence electrons. The maximum absolute atomic E-state index is 6.26. The molecule has 1 heteroatoms. The second-order valence-corrected chi connectivity index (χ2v) is 5.83. The maximum Gasteiger partial charge on any atom is 0.0788 e. The maximum atomic E-state index is 6.26. The van der Waals surface area contributed by atoms with Gasteiger partial charge in [0.15, 0.2) is 0 Å². The number of allylic oxidation sites excluding steroid dienone is 2. The van der Waals surface area contributed by atoms with E-state index in [0.29, 0.717) is 12.0 Å². The molecule has 0 N–H and O–H groups in total. The zero-order valence-electron chi connectivity index (χ0n) is 10.9. The summed E-state index contributed by atoms with van der Waals surface area (Å²) in [6.45, 7) is 10.6. The predicted octanol–water partition coefficient (Wildman–Crippen LogP) is 4.25. The Labute approximate surface area is 99.6 Å². The first-order valence-corrected chi connectivity index (χ1v) is 6.50. The lowest BCUT2D eigenvalue weighted by Crippen LogP contribution is -2.35. The van der Waals surface area contributed by atoms with Crippen molar-refractivity contribution in [1.29, 1.82) is 0 Å². The van der Waals surface area contributed by atoms with Gasteiger partial charge in [-0.05, 0) is 58.8 Å². The molecule has 0 aromatic rings. The molecule has 1 nitrogen and oxygen atoms in total. The van der Waals surface area contributed by atoms with Crippen LogP contribution in [0.15, 0.2) is 23.8 Å². The zero-order chi connectivity index (χ0) is 11.8. The van der Waals surface area contributed by atoms with E-state index in [-0.39, 0.29) is 5.60 Å². The molecule has 2 rings (SSSR count). The van der Waals surface area contributed by atoms with Crippen LogP contribution in [-0.4, -0.2) is 11.7 Å². The minimum atomic E-state index is 0.0980. The minimum absolute atomic E-state index is 0.0980. The Morgan fingerprint density at radius 2 is 2.25 bits per heavy atom. The molecule has 1 aliphatic heterocycles. The van der Waals surface area contributed by atoms with E-state index in [0.717, 1.165) is 6.42 Å². The van der Waals surface area contributed by atoms with Crippen molar-refractivity contribution in [3.05, 3.63) is 23.8 Å². The van der Waals surface area contributed by atoms with Crippen LogP contribution in [0.1, 0.15) is 52.9 Å². The molecule has 0 unspecified atom stereocenters. The predicted molar refractivity (Wildman–Crippen MR) is 68.4 cm³/mol. The first kappa shape index (κ1) is 11.9. The van der Waals surface area contributed by atoms with Crippen LogP contribution in [-0.2, 0) is 4.74 Å². The summed E-state index contributed by atoms with van der Waals surface area (Å²) in [5.41, 5.74) is 2.83. The molecule has 1 aliphatic carbocycles. The molecule has 2 aliphatic rings. The molecule has 1 heterocycles. The van der Waals surface area contributed by atoms with Crippen molar-refractivity contribution >= 4 is 0 Å². The molecular formula is C15H24O. The number of hydrogen-bond donors (Lipinski definition) is 0. The lowest BCUT2D eigenvalue weighted by atomic mass is 9.77. The summed E-state index contributed by atoms with van der Waals surface area (Å²) < 4.78 is 6.26. The third kappa shape index (κ3) is 2.24. The van der Waals surface area contributed by atoms with Crippen LogP contribution in [0, 0.1) is 5.92 Å². The summed E-state index contributed by atoms with van der Waals surface area (Å²) in [7, 11) is 0. The van der Waals surface area contributed by atoms with Gasteiger partial charge < -0.3 is 4.74 Å². The highest BCUT2D eigenvalue weighted by molar-refractivity contribution is 5.09. The van der Waals surface area contributed by atoms with Crippen LogP contribution in [0.4, 0.5) is 0 Å². The van der Waals surface area contributed by atoms with Crippen molar-refractivity contribution in [2.45, 2.75) is 64.6 Å². The van der Waals surface area contributed by atoms with E-state index < -0.39 is 0 Å². The zero-order valence-corrected chi connectivity index (χ0v) is 10.9. The molecule has 16 heavy (non-hydrogen) atoms. The van der Waals surface area contributed by atoms with E-state index in [4.69, 9.17) is 4.74 Å². The van der Waals surface area contributed by atoms with Gasteiger partial charge in [-0.15, -0.1) is 0 Å². The van der Waals surface area contributed by atoms with Crippen molar-refractivity contribution < 1.29 is 4.74 Å². The number of ether oxygens (including phenoxy) is 1. The van der Waals surface area contributed by atoms with Gasteiger partial charge in [-0.1, -0.05) is 23.8 Å². The van der Waals surface area contributed by atoms with Gasteiger partial charge in [-0.2, -0.15) is 0 Å². The molecule has 0 saturated carbocycles. The Morgan fingerprint density at radius 3 is 2.75 bits per heavy atom. The van der Waals surface area contributed by atoms with Gasteiger partial charge in [0.1, 0.15) is 0 Å². The van der Waals surface area contributed by atoms with Crippen molar-refractivity contribution in [1.82, 2.24) is 0 Å². The van der Waals surface area contributed by atoms with Gasteiger partial charge >= 0.3 is 0 Å². The third-order valence-electron chi connectivity index (χ3n) is 4.37. The van der Waals surface area contributed by atoms with Gasteiger partial charge in [0.05, 0.1) is 11.7 Å². The van der Waals surface area contributed by atoms with Gasteiger partial charge in [0.2, 0.25) is 0 Å². The van der Waals surface area contributed by atoms with Gasteiger partial charge in [0.25, 0.3) is 0 Å². The molecule has 0 aromatic carbocycles. The molecule has 0 spiro atoms. The number of rotatable bonds is 2. The van der Waals surface area contributed by atoms with Crippen molar-refractivity contribution in [2.75, 3.05) is 0 Å². The first-order valence-electron chi connectivity index (χ1n) is 6.50. The summed E-state index contributed by atoms with van der Waals surface area (Å²) in [5, 5.41) is 0. The van der Waals surface area contributed by atoms with Crippen LogP contribution in [0.25, 0.3) is 0 Å². The Kier molecular flexibility index (Phi) is 3.25. The summed E-state index contributed by atoms with van der Waals surface area (Å²) in [4.78, 5) is 0. The second kappa shape index (κ2) is 4.37. The van der Waals surface area contributed by atoms with E-state index in [9.17, 15) is 0 Å². The van der Waals surface area contributed by atoms with Crippen molar-refractivity contribution in [3.63, 3.8) is 0 Å².